The van der Waals surface area contributed by atoms with Gasteiger partial charge in [0, 0.05) is 12.1 Å². The molecular formula is C22H25N5OS. The van der Waals surface area contributed by atoms with E-state index in [1.54, 1.807) is 0 Å². The summed E-state index contributed by atoms with van der Waals surface area (Å²) < 4.78 is 1.94. The Morgan fingerprint density at radius 2 is 1.97 bits per heavy atom. The number of aromatic nitrogens is 3. The molecule has 1 amide bonds. The number of carbonyl (C=O) groups excluding carboxylic acids is 1. The summed E-state index contributed by atoms with van der Waals surface area (Å²) >= 11 is 1.46. The van der Waals surface area contributed by atoms with E-state index in [4.69, 9.17) is 0 Å². The Bertz CT molecular complexity index is 1020. The summed E-state index contributed by atoms with van der Waals surface area (Å²) in [6.45, 7) is 6.15. The Morgan fingerprint density at radius 3 is 2.72 bits per heavy atom. The fraction of sp³-hybridized carbons (Fsp3) is 0.318. The minimum absolute atomic E-state index is 0.0451. The van der Waals surface area contributed by atoms with E-state index in [2.05, 4.69) is 27.9 Å². The number of thioether (sulfide) groups is 1. The van der Waals surface area contributed by atoms with Crippen molar-refractivity contribution in [1.29, 1.82) is 0 Å². The number of carbonyl (C=O) groups is 1. The van der Waals surface area contributed by atoms with Crippen LogP contribution in [-0.2, 0) is 11.2 Å². The van der Waals surface area contributed by atoms with Crippen molar-refractivity contribution in [2.24, 2.45) is 0 Å². The summed E-state index contributed by atoms with van der Waals surface area (Å²) in [4.78, 5) is 13.3. The van der Waals surface area contributed by atoms with Gasteiger partial charge in [0.05, 0.1) is 6.04 Å². The van der Waals surface area contributed by atoms with Crippen LogP contribution >= 0.6 is 11.8 Å². The number of amides is 1. The average molecular weight is 408 g/mol. The lowest BCUT2D eigenvalue weighted by Crippen LogP contribution is -2.41. The lowest BCUT2D eigenvalue weighted by atomic mass is 10.0. The molecule has 0 radical (unpaired) electrons. The van der Waals surface area contributed by atoms with Gasteiger partial charge < -0.3 is 10.7 Å². The van der Waals surface area contributed by atoms with Gasteiger partial charge in [0.2, 0.25) is 11.1 Å². The maximum atomic E-state index is 13.3. The van der Waals surface area contributed by atoms with Crippen molar-refractivity contribution in [3.8, 4) is 0 Å². The first kappa shape index (κ1) is 19.5. The molecule has 6 nitrogen and oxygen atoms in total. The van der Waals surface area contributed by atoms with E-state index in [1.807, 2.05) is 67.1 Å². The summed E-state index contributed by atoms with van der Waals surface area (Å²) in [7, 11) is 0. The van der Waals surface area contributed by atoms with E-state index >= 15 is 0 Å². The van der Waals surface area contributed by atoms with Crippen molar-refractivity contribution in [2.45, 2.75) is 50.1 Å². The van der Waals surface area contributed by atoms with Crippen LogP contribution in [0.2, 0.25) is 0 Å². The number of fused-ring (bicyclic) bond motifs is 1. The van der Waals surface area contributed by atoms with Crippen LogP contribution < -0.4 is 10.7 Å². The molecule has 29 heavy (non-hydrogen) atoms. The first-order valence-electron chi connectivity index (χ1n) is 9.87. The van der Waals surface area contributed by atoms with Gasteiger partial charge in [-0.3, -0.25) is 4.79 Å². The zero-order valence-electron chi connectivity index (χ0n) is 16.8. The topological polar surface area (TPSA) is 71.8 Å². The number of benzene rings is 2. The minimum atomic E-state index is -0.372. The molecule has 1 aromatic heterocycles. The molecular weight excluding hydrogens is 382 g/mol. The number of rotatable bonds is 5. The van der Waals surface area contributed by atoms with Crippen LogP contribution in [0.25, 0.3) is 0 Å². The third-order valence-corrected chi connectivity index (χ3v) is 6.26. The number of hydrogen-bond acceptors (Lipinski definition) is 5. The molecule has 0 unspecified atom stereocenters. The van der Waals surface area contributed by atoms with Gasteiger partial charge in [0.25, 0.3) is 0 Å². The van der Waals surface area contributed by atoms with Crippen LogP contribution in [0.15, 0.2) is 53.7 Å². The Balaban J connectivity index is 1.67. The van der Waals surface area contributed by atoms with Crippen LogP contribution in [0.3, 0.4) is 0 Å². The number of hydrogen-bond donors (Lipinski definition) is 2. The highest BCUT2D eigenvalue weighted by Crippen LogP contribution is 2.37. The second kappa shape index (κ2) is 8.29. The lowest BCUT2D eigenvalue weighted by Gasteiger charge is -2.33. The molecule has 2 atom stereocenters. The fourth-order valence-corrected chi connectivity index (χ4v) is 4.57. The molecule has 0 saturated carbocycles. The standard InChI is InChI=1S/C22H25N5OS/c1-4-8-18-24-25-22-27(18)26-19(16-9-6-5-7-10-16)20(29-22)21(28)23-17-13-14(2)11-12-15(17)3/h5-7,9-13,19-20,26H,4,8H2,1-3H3,(H,23,28)/t19-,20-/m0/s1. The molecule has 4 rings (SSSR count). The molecule has 2 heterocycles. The Labute approximate surface area is 175 Å². The molecule has 2 aromatic carbocycles. The zero-order valence-corrected chi connectivity index (χ0v) is 17.7. The maximum Gasteiger partial charge on any atom is 0.240 e. The van der Waals surface area contributed by atoms with Crippen molar-refractivity contribution in [3.05, 3.63) is 71.0 Å². The molecule has 150 valence electrons. The molecule has 1 aliphatic heterocycles. The van der Waals surface area contributed by atoms with Crippen molar-refractivity contribution >= 4 is 23.4 Å². The molecule has 0 aliphatic carbocycles. The van der Waals surface area contributed by atoms with Crippen LogP contribution in [-0.4, -0.2) is 26.0 Å². The van der Waals surface area contributed by atoms with Crippen LogP contribution in [0.5, 0.6) is 0 Å². The van der Waals surface area contributed by atoms with Gasteiger partial charge in [-0.1, -0.05) is 61.2 Å². The van der Waals surface area contributed by atoms with E-state index < -0.39 is 0 Å². The van der Waals surface area contributed by atoms with Gasteiger partial charge >= 0.3 is 0 Å². The second-order valence-corrected chi connectivity index (χ2v) is 8.46. The normalized spacial score (nSPS) is 18.0. The SMILES string of the molecule is CCCc1nnc2n1N[C@@H](c1ccccc1)[C@@H](C(=O)Nc1cc(C)ccc1C)S2. The number of nitrogens with one attached hydrogen (secondary N) is 2. The predicted octanol–water partition coefficient (Wildman–Crippen LogP) is 4.25. The quantitative estimate of drug-likeness (QED) is 0.662. The highest BCUT2D eigenvalue weighted by molar-refractivity contribution is 8.00. The van der Waals surface area contributed by atoms with Crippen LogP contribution in [0, 0.1) is 13.8 Å². The molecule has 7 heteroatoms. The van der Waals surface area contributed by atoms with E-state index in [0.717, 1.165) is 46.2 Å². The van der Waals surface area contributed by atoms with E-state index in [1.165, 1.54) is 11.8 Å². The number of aryl methyl sites for hydroxylation is 3. The molecule has 2 N–H and O–H groups in total. The van der Waals surface area contributed by atoms with Gasteiger partial charge in [-0.2, -0.15) is 0 Å². The highest BCUT2D eigenvalue weighted by atomic mass is 32.2. The smallest absolute Gasteiger partial charge is 0.240 e. The van der Waals surface area contributed by atoms with Gasteiger partial charge in [0.1, 0.15) is 5.25 Å². The predicted molar refractivity (Wildman–Crippen MR) is 117 cm³/mol. The van der Waals surface area contributed by atoms with Gasteiger partial charge in [0.15, 0.2) is 5.82 Å². The maximum absolute atomic E-state index is 13.3. The Kier molecular flexibility index (Phi) is 5.58. The van der Waals surface area contributed by atoms with Crippen molar-refractivity contribution in [1.82, 2.24) is 14.9 Å². The first-order valence-corrected chi connectivity index (χ1v) is 10.8. The summed E-state index contributed by atoms with van der Waals surface area (Å²) in [6, 6.07) is 16.0. The molecule has 1 aliphatic rings. The first-order chi connectivity index (χ1) is 14.1. The monoisotopic (exact) mass is 407 g/mol. The Hall–Kier alpha value is -2.80. The largest absolute Gasteiger partial charge is 0.325 e. The summed E-state index contributed by atoms with van der Waals surface area (Å²) in [5.74, 6) is 0.848. The van der Waals surface area contributed by atoms with Crippen molar-refractivity contribution in [3.63, 3.8) is 0 Å². The summed E-state index contributed by atoms with van der Waals surface area (Å²) in [5, 5.41) is 12.1. The molecule has 0 saturated heterocycles. The van der Waals surface area contributed by atoms with Crippen LogP contribution in [0.4, 0.5) is 5.69 Å². The summed E-state index contributed by atoms with van der Waals surface area (Å²) in [6.07, 6.45) is 1.82. The Morgan fingerprint density at radius 1 is 1.17 bits per heavy atom. The van der Waals surface area contributed by atoms with E-state index in [0.29, 0.717) is 0 Å². The summed E-state index contributed by atoms with van der Waals surface area (Å²) in [5.41, 5.74) is 7.56. The third kappa shape index (κ3) is 4.00. The van der Waals surface area contributed by atoms with E-state index in [9.17, 15) is 4.79 Å². The second-order valence-electron chi connectivity index (χ2n) is 7.35. The minimum Gasteiger partial charge on any atom is -0.325 e. The highest BCUT2D eigenvalue weighted by Gasteiger charge is 2.37. The number of anilines is 1. The van der Waals surface area contributed by atoms with Gasteiger partial charge in [-0.25, -0.2) is 4.68 Å². The molecule has 0 spiro atoms. The fourth-order valence-electron chi connectivity index (χ4n) is 3.47. The molecule has 3 aromatic rings. The average Bonchev–Trinajstić information content (AvgIpc) is 3.12. The molecule has 0 bridgehead atoms. The third-order valence-electron chi connectivity index (χ3n) is 5.05. The van der Waals surface area contributed by atoms with E-state index in [-0.39, 0.29) is 17.2 Å². The van der Waals surface area contributed by atoms with Crippen molar-refractivity contribution < 1.29 is 4.79 Å². The van der Waals surface area contributed by atoms with Gasteiger partial charge in [-0.15, -0.1) is 10.2 Å². The lowest BCUT2D eigenvalue weighted by molar-refractivity contribution is -0.116. The molecule has 0 fully saturated rings. The van der Waals surface area contributed by atoms with Crippen LogP contribution in [0.1, 0.15) is 41.9 Å². The zero-order chi connectivity index (χ0) is 20.4. The van der Waals surface area contributed by atoms with Gasteiger partial charge in [-0.05, 0) is 43.0 Å². The number of nitrogens with zero attached hydrogens (tertiary/aromatic N) is 3. The van der Waals surface area contributed by atoms with Crippen molar-refractivity contribution in [2.75, 3.05) is 10.7 Å².